The van der Waals surface area contributed by atoms with Crippen LogP contribution in [0.25, 0.3) is 0 Å². The van der Waals surface area contributed by atoms with Crippen molar-refractivity contribution in [3.8, 4) is 0 Å². The molecule has 0 aliphatic rings. The van der Waals surface area contributed by atoms with Crippen molar-refractivity contribution < 1.29 is 26.5 Å². The summed E-state index contributed by atoms with van der Waals surface area (Å²) in [7, 11) is -3.74. The third-order valence-corrected chi connectivity index (χ3v) is 5.50. The summed E-state index contributed by atoms with van der Waals surface area (Å²) in [5.41, 5.74) is -0.661. The van der Waals surface area contributed by atoms with Crippen molar-refractivity contribution in [2.45, 2.75) is 10.4 Å². The first-order valence-corrected chi connectivity index (χ1v) is 7.05. The summed E-state index contributed by atoms with van der Waals surface area (Å²) in [6.45, 7) is -1.70. The molecule has 1 aromatic rings. The molecule has 0 saturated heterocycles. The summed E-state index contributed by atoms with van der Waals surface area (Å²) in [6.07, 6.45) is -4.71. The minimum atomic E-state index is -4.71. The summed E-state index contributed by atoms with van der Waals surface area (Å²) in [4.78, 5) is 9.58. The molecule has 0 saturated carbocycles. The van der Waals surface area contributed by atoms with Crippen molar-refractivity contribution in [1.29, 1.82) is 0 Å². The zero-order valence-corrected chi connectivity index (χ0v) is 11.5. The van der Waals surface area contributed by atoms with Gasteiger partial charge in [-0.3, -0.25) is 10.1 Å². The number of thiophene rings is 1. The van der Waals surface area contributed by atoms with E-state index in [4.69, 9.17) is 11.6 Å². The quantitative estimate of drug-likeness (QED) is 0.624. The Morgan fingerprint density at radius 3 is 2.42 bits per heavy atom. The fourth-order valence-corrected chi connectivity index (χ4v) is 4.11. The Kier molecular flexibility index (Phi) is 4.44. The van der Waals surface area contributed by atoms with Crippen molar-refractivity contribution in [2.24, 2.45) is 0 Å². The predicted molar refractivity (Wildman–Crippen MR) is 61.9 cm³/mol. The molecule has 19 heavy (non-hydrogen) atoms. The third-order valence-electron chi connectivity index (χ3n) is 1.91. The molecule has 12 heteroatoms. The highest BCUT2D eigenvalue weighted by molar-refractivity contribution is 7.91. The van der Waals surface area contributed by atoms with Crippen LogP contribution in [0.2, 0.25) is 4.34 Å². The fraction of sp³-hybridized carbons (Fsp3) is 0.429. The Balaban J connectivity index is 3.14. The minimum absolute atomic E-state index is 0.0545. The molecule has 0 aliphatic carbocycles. The Bertz CT molecular complexity index is 598. The SMILES string of the molecule is CN(CC(F)(F)F)S(=O)(=O)c1cc([N+](=O)[O-])c(Cl)s1. The number of nitrogens with zero attached hydrogens (tertiary/aromatic N) is 2. The van der Waals surface area contributed by atoms with Gasteiger partial charge in [0.1, 0.15) is 10.8 Å². The van der Waals surface area contributed by atoms with Crippen molar-refractivity contribution in [3.05, 3.63) is 20.5 Å². The molecule has 0 aliphatic heterocycles. The summed E-state index contributed by atoms with van der Waals surface area (Å²) in [5.74, 6) is 0. The van der Waals surface area contributed by atoms with Crippen molar-refractivity contribution >= 4 is 38.6 Å². The molecular weight excluding hydrogens is 333 g/mol. The molecule has 0 aromatic carbocycles. The molecule has 0 N–H and O–H groups in total. The van der Waals surface area contributed by atoms with Gasteiger partial charge >= 0.3 is 6.18 Å². The number of nitro groups is 1. The molecule has 0 amide bonds. The van der Waals surface area contributed by atoms with E-state index < -0.39 is 41.9 Å². The van der Waals surface area contributed by atoms with Gasteiger partial charge in [0, 0.05) is 13.1 Å². The highest BCUT2D eigenvalue weighted by Crippen LogP contribution is 2.37. The monoisotopic (exact) mass is 338 g/mol. The average Bonchev–Trinajstić information content (AvgIpc) is 2.58. The molecule has 0 fully saturated rings. The van der Waals surface area contributed by atoms with Gasteiger partial charge in [0.05, 0.1) is 4.92 Å². The molecular formula is C7H6ClF3N2O4S2. The summed E-state index contributed by atoms with van der Waals surface area (Å²) < 4.78 is 58.9. The van der Waals surface area contributed by atoms with E-state index in [0.717, 1.165) is 7.05 Å². The van der Waals surface area contributed by atoms with Gasteiger partial charge in [0.15, 0.2) is 4.34 Å². The highest BCUT2D eigenvalue weighted by Gasteiger charge is 2.36. The smallest absolute Gasteiger partial charge is 0.258 e. The van der Waals surface area contributed by atoms with Crippen LogP contribution in [-0.2, 0) is 10.0 Å². The molecule has 0 spiro atoms. The van der Waals surface area contributed by atoms with Crippen LogP contribution in [0.1, 0.15) is 0 Å². The molecule has 1 rings (SSSR count). The van der Waals surface area contributed by atoms with Crippen LogP contribution in [0.4, 0.5) is 18.9 Å². The zero-order valence-electron chi connectivity index (χ0n) is 9.14. The van der Waals surface area contributed by atoms with Crippen LogP contribution in [0.5, 0.6) is 0 Å². The van der Waals surface area contributed by atoms with E-state index in [9.17, 15) is 31.7 Å². The molecule has 108 valence electrons. The molecule has 0 radical (unpaired) electrons. The lowest BCUT2D eigenvalue weighted by atomic mass is 10.6. The molecule has 6 nitrogen and oxygen atoms in total. The zero-order chi connectivity index (χ0) is 15.0. The molecule has 1 heterocycles. The first-order chi connectivity index (χ1) is 8.45. The highest BCUT2D eigenvalue weighted by atomic mass is 35.5. The number of halogens is 4. The Labute approximate surface area is 114 Å². The van der Waals surface area contributed by atoms with Gasteiger partial charge in [-0.25, -0.2) is 8.42 Å². The Hall–Kier alpha value is -0.910. The fourth-order valence-electron chi connectivity index (χ4n) is 1.08. The van der Waals surface area contributed by atoms with Crippen LogP contribution in [0.3, 0.4) is 0 Å². The van der Waals surface area contributed by atoms with E-state index in [1.165, 1.54) is 0 Å². The largest absolute Gasteiger partial charge is 0.402 e. The summed E-state index contributed by atoms with van der Waals surface area (Å²) >= 11 is 5.79. The van der Waals surface area contributed by atoms with Gasteiger partial charge in [0.2, 0.25) is 0 Å². The lowest BCUT2D eigenvalue weighted by molar-refractivity contribution is -0.384. The van der Waals surface area contributed by atoms with E-state index >= 15 is 0 Å². The molecule has 1 aromatic heterocycles. The lowest BCUT2D eigenvalue weighted by Gasteiger charge is -2.17. The molecule has 0 atom stereocenters. The second kappa shape index (κ2) is 5.23. The van der Waals surface area contributed by atoms with Gasteiger partial charge in [-0.05, 0) is 0 Å². The summed E-state index contributed by atoms with van der Waals surface area (Å²) in [6, 6.07) is 0.634. The van der Waals surface area contributed by atoms with E-state index in [1.807, 2.05) is 0 Å². The van der Waals surface area contributed by atoms with Gasteiger partial charge < -0.3 is 0 Å². The Morgan fingerprint density at radius 1 is 1.53 bits per heavy atom. The van der Waals surface area contributed by atoms with Crippen LogP contribution < -0.4 is 0 Å². The average molecular weight is 339 g/mol. The minimum Gasteiger partial charge on any atom is -0.258 e. The van der Waals surface area contributed by atoms with Crippen molar-refractivity contribution in [1.82, 2.24) is 4.31 Å². The first-order valence-electron chi connectivity index (χ1n) is 4.42. The second-order valence-electron chi connectivity index (χ2n) is 3.36. The van der Waals surface area contributed by atoms with Gasteiger partial charge in [-0.15, -0.1) is 11.3 Å². The van der Waals surface area contributed by atoms with Crippen LogP contribution >= 0.6 is 22.9 Å². The maximum Gasteiger partial charge on any atom is 0.402 e. The number of rotatable bonds is 4. The molecule has 0 unspecified atom stereocenters. The van der Waals surface area contributed by atoms with E-state index in [-0.39, 0.29) is 4.31 Å². The first kappa shape index (κ1) is 16.1. The maximum absolute atomic E-state index is 12.1. The third kappa shape index (κ3) is 3.78. The van der Waals surface area contributed by atoms with Gasteiger partial charge in [-0.2, -0.15) is 17.5 Å². The van der Waals surface area contributed by atoms with Crippen LogP contribution in [0.15, 0.2) is 10.3 Å². The van der Waals surface area contributed by atoms with Crippen LogP contribution in [0, 0.1) is 10.1 Å². The van der Waals surface area contributed by atoms with Gasteiger partial charge in [0.25, 0.3) is 15.7 Å². The number of alkyl halides is 3. The number of hydrogen-bond acceptors (Lipinski definition) is 5. The molecule has 0 bridgehead atoms. The standard InChI is InChI=1S/C7H6ClF3N2O4S2/c1-12(3-7(9,10)11)19(16,17)5-2-4(13(14)15)6(8)18-5/h2H,3H2,1H3. The van der Waals surface area contributed by atoms with E-state index in [2.05, 4.69) is 0 Å². The number of hydrogen-bond donors (Lipinski definition) is 0. The van der Waals surface area contributed by atoms with Crippen LogP contribution in [-0.4, -0.2) is 37.4 Å². The second-order valence-corrected chi connectivity index (χ2v) is 7.28. The topological polar surface area (TPSA) is 80.5 Å². The Morgan fingerprint density at radius 2 is 2.05 bits per heavy atom. The van der Waals surface area contributed by atoms with Crippen molar-refractivity contribution in [3.63, 3.8) is 0 Å². The van der Waals surface area contributed by atoms with E-state index in [0.29, 0.717) is 17.4 Å². The van der Waals surface area contributed by atoms with E-state index in [1.54, 1.807) is 0 Å². The summed E-state index contributed by atoms with van der Waals surface area (Å²) in [5, 5.41) is 10.5. The number of sulfonamides is 1. The maximum atomic E-state index is 12.1. The van der Waals surface area contributed by atoms with Gasteiger partial charge in [-0.1, -0.05) is 11.6 Å². The lowest BCUT2D eigenvalue weighted by Crippen LogP contribution is -2.35. The predicted octanol–water partition coefficient (Wildman–Crippen LogP) is 2.49. The normalized spacial score (nSPS) is 12.9. The van der Waals surface area contributed by atoms with Crippen molar-refractivity contribution in [2.75, 3.05) is 13.6 Å².